The summed E-state index contributed by atoms with van der Waals surface area (Å²) in [6, 6.07) is 83.0. The van der Waals surface area contributed by atoms with Crippen LogP contribution in [0.4, 0.5) is 34.1 Å². The van der Waals surface area contributed by atoms with Crippen molar-refractivity contribution >= 4 is 55.7 Å². The summed E-state index contributed by atoms with van der Waals surface area (Å²) < 4.78 is 0. The Morgan fingerprint density at radius 3 is 1.32 bits per heavy atom. The maximum atomic E-state index is 2.63. The van der Waals surface area contributed by atoms with E-state index in [1.807, 2.05) is 0 Å². The molecule has 11 aromatic carbocycles. The third kappa shape index (κ3) is 5.90. The van der Waals surface area contributed by atoms with Crippen molar-refractivity contribution in [2.75, 3.05) is 9.80 Å². The van der Waals surface area contributed by atoms with E-state index >= 15 is 0 Å². The second-order valence-electron chi connectivity index (χ2n) is 21.1. The number of benzene rings is 11. The molecule has 0 unspecified atom stereocenters. The molecule has 2 heteroatoms. The number of hydrogen-bond acceptors (Lipinski definition) is 2. The van der Waals surface area contributed by atoms with E-state index in [4.69, 9.17) is 0 Å². The molecular formula is C70H54N2. The van der Waals surface area contributed by atoms with Gasteiger partial charge in [-0.2, -0.15) is 0 Å². The monoisotopic (exact) mass is 922 g/mol. The number of anilines is 6. The van der Waals surface area contributed by atoms with Gasteiger partial charge in [-0.3, -0.25) is 0 Å². The molecule has 0 atom stereocenters. The highest BCUT2D eigenvalue weighted by Crippen LogP contribution is 2.68. The van der Waals surface area contributed by atoms with E-state index in [9.17, 15) is 0 Å². The average Bonchev–Trinajstić information content (AvgIpc) is 3.96. The third-order valence-corrected chi connectivity index (χ3v) is 16.5. The van der Waals surface area contributed by atoms with Crippen LogP contribution in [0.2, 0.25) is 0 Å². The Bertz CT molecular complexity index is 4050. The number of hydrogen-bond donors (Lipinski definition) is 0. The first-order valence-electron chi connectivity index (χ1n) is 25.5. The summed E-state index contributed by atoms with van der Waals surface area (Å²) in [6.45, 7) is 13.9. The Morgan fingerprint density at radius 1 is 0.306 bits per heavy atom. The van der Waals surface area contributed by atoms with Crippen LogP contribution in [0.25, 0.3) is 54.9 Å². The van der Waals surface area contributed by atoms with Crippen LogP contribution in [-0.4, -0.2) is 0 Å². The van der Waals surface area contributed by atoms with Crippen molar-refractivity contribution < 1.29 is 0 Å². The fraction of sp³-hybridized carbons (Fsp3) is 0.114. The molecule has 3 aliphatic rings. The van der Waals surface area contributed by atoms with Crippen molar-refractivity contribution in [1.29, 1.82) is 0 Å². The minimum Gasteiger partial charge on any atom is -0.310 e. The lowest BCUT2D eigenvalue weighted by atomic mass is 9.69. The van der Waals surface area contributed by atoms with E-state index in [1.165, 1.54) is 128 Å². The van der Waals surface area contributed by atoms with Gasteiger partial charge in [-0.15, -0.1) is 0 Å². The van der Waals surface area contributed by atoms with Gasteiger partial charge in [-0.25, -0.2) is 0 Å². The Kier molecular flexibility index (Phi) is 9.14. The van der Waals surface area contributed by atoms with E-state index in [1.54, 1.807) is 0 Å². The van der Waals surface area contributed by atoms with Gasteiger partial charge in [0.05, 0.1) is 11.1 Å². The zero-order chi connectivity index (χ0) is 48.6. The lowest BCUT2D eigenvalue weighted by Gasteiger charge is -2.36. The molecule has 11 aromatic rings. The van der Waals surface area contributed by atoms with Crippen LogP contribution in [0, 0.1) is 27.7 Å². The van der Waals surface area contributed by atoms with Crippen molar-refractivity contribution in [3.8, 4) is 33.4 Å². The lowest BCUT2D eigenvalue weighted by Crippen LogP contribution is -2.27. The summed E-state index contributed by atoms with van der Waals surface area (Å²) in [6.07, 6.45) is 0. The summed E-state index contributed by atoms with van der Waals surface area (Å²) in [5.41, 5.74) is 27.0. The van der Waals surface area contributed by atoms with Crippen molar-refractivity contribution in [2.24, 2.45) is 0 Å². The van der Waals surface area contributed by atoms with Gasteiger partial charge in [-0.05, 0) is 182 Å². The highest BCUT2D eigenvalue weighted by molar-refractivity contribution is 6.07. The molecule has 0 N–H and O–H groups in total. The molecular weight excluding hydrogens is 869 g/mol. The van der Waals surface area contributed by atoms with Crippen LogP contribution >= 0.6 is 0 Å². The van der Waals surface area contributed by atoms with E-state index in [2.05, 4.69) is 270 Å². The smallest absolute Gasteiger partial charge is 0.0726 e. The first kappa shape index (κ1) is 42.4. The minimum atomic E-state index is -0.539. The zero-order valence-corrected chi connectivity index (χ0v) is 41.7. The highest BCUT2D eigenvalue weighted by Gasteiger charge is 2.55. The van der Waals surface area contributed by atoms with Crippen LogP contribution in [0.15, 0.2) is 218 Å². The summed E-state index contributed by atoms with van der Waals surface area (Å²) in [5.74, 6) is 0. The van der Waals surface area contributed by atoms with Crippen LogP contribution in [0.1, 0.15) is 69.5 Å². The maximum absolute atomic E-state index is 2.63. The van der Waals surface area contributed by atoms with Crippen molar-refractivity contribution in [1.82, 2.24) is 0 Å². The van der Waals surface area contributed by atoms with Crippen molar-refractivity contribution in [3.05, 3.63) is 274 Å². The van der Waals surface area contributed by atoms with Crippen molar-refractivity contribution in [3.63, 3.8) is 0 Å². The molecule has 3 aliphatic carbocycles. The molecule has 0 bridgehead atoms. The molecule has 72 heavy (non-hydrogen) atoms. The molecule has 0 saturated heterocycles. The topological polar surface area (TPSA) is 6.48 Å². The standard InChI is InChI=1S/C70H54N2/c1-43-27-35-63(45(3)37-43)71(51-31-29-47-17-7-9-19-49(47)39-51)53-33-34-57-61(41-53)69(5,6)68-65(72(64-36-28-44(2)38-46(64)4)52-32-30-48-18-8-10-20-50(48)40-52)42-62-66(67(57)68)56-23-13-16-26-60(56)70(62)58-24-14-11-21-54(58)55-22-12-15-25-59(55)70/h7-42H,1-6H3. The van der Waals surface area contributed by atoms with E-state index in [0.29, 0.717) is 0 Å². The lowest BCUT2D eigenvalue weighted by molar-refractivity contribution is 0.660. The van der Waals surface area contributed by atoms with Crippen LogP contribution in [-0.2, 0) is 10.8 Å². The summed E-state index contributed by atoms with van der Waals surface area (Å²) in [7, 11) is 0. The number of aryl methyl sites for hydroxylation is 4. The van der Waals surface area contributed by atoms with Crippen LogP contribution in [0.5, 0.6) is 0 Å². The highest BCUT2D eigenvalue weighted by atomic mass is 15.2. The number of rotatable bonds is 6. The predicted octanol–water partition coefficient (Wildman–Crippen LogP) is 18.8. The second-order valence-corrected chi connectivity index (χ2v) is 21.1. The average molecular weight is 923 g/mol. The van der Waals surface area contributed by atoms with Crippen LogP contribution in [0.3, 0.4) is 0 Å². The van der Waals surface area contributed by atoms with Gasteiger partial charge < -0.3 is 9.80 Å². The Balaban J connectivity index is 1.11. The van der Waals surface area contributed by atoms with E-state index in [0.717, 1.165) is 17.1 Å². The van der Waals surface area contributed by atoms with Gasteiger partial charge in [-0.1, -0.05) is 189 Å². The maximum Gasteiger partial charge on any atom is 0.0726 e. The Labute approximate surface area is 423 Å². The first-order valence-corrected chi connectivity index (χ1v) is 25.5. The molecule has 344 valence electrons. The van der Waals surface area contributed by atoms with E-state index < -0.39 is 10.8 Å². The van der Waals surface area contributed by atoms with Gasteiger partial charge in [0.25, 0.3) is 0 Å². The minimum absolute atomic E-state index is 0.438. The summed E-state index contributed by atoms with van der Waals surface area (Å²) >= 11 is 0. The Hall–Kier alpha value is -8.46. The first-order chi connectivity index (χ1) is 35.1. The molecule has 14 rings (SSSR count). The molecule has 0 aliphatic heterocycles. The fourth-order valence-electron chi connectivity index (χ4n) is 13.4. The van der Waals surface area contributed by atoms with Gasteiger partial charge in [0.15, 0.2) is 0 Å². The molecule has 1 spiro atoms. The molecule has 0 aromatic heterocycles. The molecule has 0 saturated carbocycles. The molecule has 0 radical (unpaired) electrons. The molecule has 0 fully saturated rings. The van der Waals surface area contributed by atoms with Gasteiger partial charge >= 0.3 is 0 Å². The Morgan fingerprint density at radius 2 is 0.750 bits per heavy atom. The number of fused-ring (bicyclic) bond motifs is 16. The quantitative estimate of drug-likeness (QED) is 0.164. The van der Waals surface area contributed by atoms with Gasteiger partial charge in [0.1, 0.15) is 0 Å². The SMILES string of the molecule is Cc1ccc(N(c2ccc3c(c2)C(C)(C)c2c(N(c4ccc5ccccc5c4)c4ccc(C)cc4C)cc4c(c2-3)-c2ccccc2C42c3ccccc3-c3ccccc32)c2ccc3ccccc3c2)c(C)c1. The third-order valence-electron chi connectivity index (χ3n) is 16.5. The summed E-state index contributed by atoms with van der Waals surface area (Å²) in [5, 5.41) is 4.91. The predicted molar refractivity (Wildman–Crippen MR) is 304 cm³/mol. The van der Waals surface area contributed by atoms with Gasteiger partial charge in [0.2, 0.25) is 0 Å². The zero-order valence-electron chi connectivity index (χ0n) is 41.7. The molecule has 0 amide bonds. The second kappa shape index (κ2) is 15.5. The van der Waals surface area contributed by atoms with Gasteiger partial charge in [0, 0.05) is 33.9 Å². The van der Waals surface area contributed by atoms with Crippen LogP contribution < -0.4 is 9.80 Å². The molecule has 2 nitrogen and oxygen atoms in total. The molecule has 0 heterocycles. The normalized spacial score (nSPS) is 13.9. The van der Waals surface area contributed by atoms with Crippen molar-refractivity contribution in [2.45, 2.75) is 52.4 Å². The fourth-order valence-corrected chi connectivity index (χ4v) is 13.4. The van der Waals surface area contributed by atoms with E-state index in [-0.39, 0.29) is 0 Å². The summed E-state index contributed by atoms with van der Waals surface area (Å²) in [4.78, 5) is 5.09. The number of nitrogens with zero attached hydrogens (tertiary/aromatic N) is 2. The largest absolute Gasteiger partial charge is 0.310 e.